The van der Waals surface area contributed by atoms with Crippen molar-refractivity contribution in [3.63, 3.8) is 0 Å². The molecule has 3 rings (SSSR count). The van der Waals surface area contributed by atoms with Crippen molar-refractivity contribution in [3.05, 3.63) is 17.5 Å². The quantitative estimate of drug-likeness (QED) is 0.793. The normalized spacial score (nSPS) is 21.6. The number of likely N-dealkylation sites (N-methyl/N-ethyl adjacent to an activating group) is 1. The van der Waals surface area contributed by atoms with Crippen LogP contribution in [0.25, 0.3) is 0 Å². The second-order valence-electron chi connectivity index (χ2n) is 6.57. The third-order valence-electron chi connectivity index (χ3n) is 4.44. The van der Waals surface area contributed by atoms with Gasteiger partial charge in [0.15, 0.2) is 0 Å². The van der Waals surface area contributed by atoms with E-state index in [1.165, 1.54) is 0 Å². The highest BCUT2D eigenvalue weighted by molar-refractivity contribution is 6.66. The molecule has 116 valence electrons. The molecular formula is C15H23BN6. The summed E-state index contributed by atoms with van der Waals surface area (Å²) in [7, 11) is 4.20. The van der Waals surface area contributed by atoms with Crippen molar-refractivity contribution in [2.75, 3.05) is 45.2 Å². The molecule has 6 nitrogen and oxygen atoms in total. The second kappa shape index (κ2) is 6.63. The number of anilines is 1. The van der Waals surface area contributed by atoms with Crippen LogP contribution in [0.5, 0.6) is 0 Å². The van der Waals surface area contributed by atoms with E-state index >= 15 is 0 Å². The Morgan fingerprint density at radius 2 is 2.41 bits per heavy atom. The van der Waals surface area contributed by atoms with Crippen LogP contribution in [0, 0.1) is 11.2 Å². The smallest absolute Gasteiger partial charge is 0.272 e. The summed E-state index contributed by atoms with van der Waals surface area (Å²) in [6.45, 7) is 4.01. The van der Waals surface area contributed by atoms with Crippen molar-refractivity contribution in [1.29, 1.82) is 5.26 Å². The number of hydrogen-bond donors (Lipinski definition) is 1. The van der Waals surface area contributed by atoms with E-state index in [-0.39, 0.29) is 6.71 Å². The van der Waals surface area contributed by atoms with E-state index in [4.69, 9.17) is 10.2 Å². The Kier molecular flexibility index (Phi) is 4.60. The number of aromatic nitrogens is 2. The number of nitriles is 1. The van der Waals surface area contributed by atoms with Crippen LogP contribution < -0.4 is 10.2 Å². The van der Waals surface area contributed by atoms with Gasteiger partial charge >= 0.3 is 0 Å². The van der Waals surface area contributed by atoms with Crippen molar-refractivity contribution in [1.82, 2.24) is 20.2 Å². The summed E-state index contributed by atoms with van der Waals surface area (Å²) in [4.78, 5) is 13.8. The highest BCUT2D eigenvalue weighted by Gasteiger charge is 2.26. The molecule has 1 unspecified atom stereocenters. The Morgan fingerprint density at radius 3 is 3.18 bits per heavy atom. The molecule has 1 atom stereocenters. The summed E-state index contributed by atoms with van der Waals surface area (Å²) in [5.41, 5.74) is 2.29. The minimum Gasteiger partial charge on any atom is -0.338 e. The van der Waals surface area contributed by atoms with E-state index in [0.29, 0.717) is 6.04 Å². The van der Waals surface area contributed by atoms with Gasteiger partial charge in [-0.2, -0.15) is 0 Å². The van der Waals surface area contributed by atoms with Crippen LogP contribution in [0.4, 0.5) is 5.95 Å². The van der Waals surface area contributed by atoms with Gasteiger partial charge in [0, 0.05) is 50.1 Å². The molecule has 0 spiro atoms. The van der Waals surface area contributed by atoms with Crippen LogP contribution >= 0.6 is 0 Å². The van der Waals surface area contributed by atoms with Crippen LogP contribution in [-0.4, -0.2) is 67.9 Å². The molecule has 1 saturated heterocycles. The van der Waals surface area contributed by atoms with Crippen LogP contribution in [0.2, 0.25) is 6.32 Å². The Bertz CT molecular complexity index is 570. The van der Waals surface area contributed by atoms with Gasteiger partial charge in [-0.25, -0.2) is 15.2 Å². The van der Waals surface area contributed by atoms with Gasteiger partial charge in [0.25, 0.3) is 6.71 Å². The summed E-state index contributed by atoms with van der Waals surface area (Å²) in [6, 6.07) is 0.450. The molecular weight excluding hydrogens is 275 g/mol. The molecule has 1 fully saturated rings. The van der Waals surface area contributed by atoms with Crippen molar-refractivity contribution in [3.8, 4) is 5.97 Å². The molecule has 0 radical (unpaired) electrons. The Morgan fingerprint density at radius 1 is 1.55 bits per heavy atom. The van der Waals surface area contributed by atoms with E-state index in [9.17, 15) is 0 Å². The van der Waals surface area contributed by atoms with E-state index in [1.807, 2.05) is 6.20 Å². The molecule has 0 amide bonds. The molecule has 0 bridgehead atoms. The van der Waals surface area contributed by atoms with Crippen molar-refractivity contribution in [2.24, 2.45) is 0 Å². The summed E-state index contributed by atoms with van der Waals surface area (Å²) < 4.78 is 0. The number of fused-ring (bicyclic) bond motifs is 1. The van der Waals surface area contributed by atoms with Crippen LogP contribution in [0.3, 0.4) is 0 Å². The molecule has 2 aliphatic rings. The molecule has 7 heteroatoms. The molecule has 22 heavy (non-hydrogen) atoms. The fourth-order valence-corrected chi connectivity index (χ4v) is 3.33. The Labute approximate surface area is 132 Å². The first-order valence-corrected chi connectivity index (χ1v) is 8.03. The number of hydrogen-bond acceptors (Lipinski definition) is 6. The van der Waals surface area contributed by atoms with Gasteiger partial charge < -0.3 is 15.1 Å². The zero-order valence-corrected chi connectivity index (χ0v) is 13.4. The largest absolute Gasteiger partial charge is 0.338 e. The second-order valence-corrected chi connectivity index (χ2v) is 6.57. The van der Waals surface area contributed by atoms with E-state index < -0.39 is 0 Å². The van der Waals surface area contributed by atoms with Gasteiger partial charge in [-0.3, -0.25) is 0 Å². The zero-order chi connectivity index (χ0) is 15.5. The van der Waals surface area contributed by atoms with Crippen molar-refractivity contribution < 1.29 is 0 Å². The number of piperazine rings is 1. The van der Waals surface area contributed by atoms with Crippen molar-refractivity contribution >= 4 is 12.7 Å². The molecule has 1 aromatic rings. The van der Waals surface area contributed by atoms with Crippen LogP contribution in [0.1, 0.15) is 11.3 Å². The SMILES string of the molecule is CN(C)CC1CN(c2ncc3c(n2)CCB(C#N)C3)CCN1. The molecule has 0 aromatic carbocycles. The first kappa shape index (κ1) is 15.3. The maximum absolute atomic E-state index is 9.07. The Hall–Kier alpha value is -1.65. The van der Waals surface area contributed by atoms with Gasteiger partial charge in [-0.15, -0.1) is 0 Å². The fraction of sp³-hybridized carbons (Fsp3) is 0.667. The van der Waals surface area contributed by atoms with Crippen LogP contribution in [0.15, 0.2) is 6.20 Å². The monoisotopic (exact) mass is 298 g/mol. The first-order valence-electron chi connectivity index (χ1n) is 8.03. The van der Waals surface area contributed by atoms with E-state index in [1.54, 1.807) is 0 Å². The molecule has 1 aromatic heterocycles. The third-order valence-corrected chi connectivity index (χ3v) is 4.44. The number of rotatable bonds is 3. The maximum atomic E-state index is 9.07. The fourth-order valence-electron chi connectivity index (χ4n) is 3.33. The van der Waals surface area contributed by atoms with Gasteiger partial charge in [-0.05, 0) is 32.4 Å². The predicted molar refractivity (Wildman–Crippen MR) is 88.2 cm³/mol. The lowest BCUT2D eigenvalue weighted by molar-refractivity contribution is 0.322. The predicted octanol–water partition coefficient (Wildman–Crippen LogP) is 0.0118. The molecule has 3 heterocycles. The third kappa shape index (κ3) is 3.39. The summed E-state index contributed by atoms with van der Waals surface area (Å²) in [5.74, 6) is 3.21. The number of nitrogens with zero attached hydrogens (tertiary/aromatic N) is 5. The number of nitrogens with one attached hydrogen (secondary N) is 1. The summed E-state index contributed by atoms with van der Waals surface area (Å²) >= 11 is 0. The van der Waals surface area contributed by atoms with E-state index in [2.05, 4.69) is 40.2 Å². The first-order chi connectivity index (χ1) is 10.7. The molecule has 0 aliphatic carbocycles. The topological polar surface area (TPSA) is 68.1 Å². The highest BCUT2D eigenvalue weighted by Crippen LogP contribution is 2.21. The van der Waals surface area contributed by atoms with E-state index in [0.717, 1.165) is 62.4 Å². The molecule has 0 saturated carbocycles. The summed E-state index contributed by atoms with van der Waals surface area (Å²) in [6.07, 6.45) is 4.56. The minimum absolute atomic E-state index is 0.130. The Balaban J connectivity index is 1.71. The lowest BCUT2D eigenvalue weighted by Crippen LogP contribution is -2.54. The standard InChI is InChI=1S/C15H23BN6/c1-21(2)9-13-10-22(6-5-18-13)15-19-8-12-7-16(11-17)4-3-14(12)20-15/h8,13,18H,3-7,9-10H2,1-2H3. The van der Waals surface area contributed by atoms with Crippen LogP contribution in [-0.2, 0) is 12.7 Å². The van der Waals surface area contributed by atoms with Crippen molar-refractivity contribution in [2.45, 2.75) is 25.1 Å². The minimum atomic E-state index is 0.130. The highest BCUT2D eigenvalue weighted by atomic mass is 15.3. The lowest BCUT2D eigenvalue weighted by atomic mass is 9.43. The van der Waals surface area contributed by atoms with Gasteiger partial charge in [0.1, 0.15) is 0 Å². The molecule has 1 N–H and O–H groups in total. The van der Waals surface area contributed by atoms with Gasteiger partial charge in [0.2, 0.25) is 5.95 Å². The number of aryl methyl sites for hydroxylation is 1. The average Bonchev–Trinajstić information content (AvgIpc) is 2.53. The zero-order valence-electron chi connectivity index (χ0n) is 13.4. The van der Waals surface area contributed by atoms with Gasteiger partial charge in [-0.1, -0.05) is 6.32 Å². The summed E-state index contributed by atoms with van der Waals surface area (Å²) in [5, 5.41) is 12.6. The average molecular weight is 298 g/mol. The molecule has 2 aliphatic heterocycles. The van der Waals surface area contributed by atoms with Gasteiger partial charge in [0.05, 0.1) is 0 Å². The lowest BCUT2D eigenvalue weighted by Gasteiger charge is -2.35. The maximum Gasteiger partial charge on any atom is 0.272 e.